The van der Waals surface area contributed by atoms with Gasteiger partial charge in [0.25, 0.3) is 0 Å². The van der Waals surface area contributed by atoms with Crippen LogP contribution >= 0.6 is 23.1 Å². The third-order valence-electron chi connectivity index (χ3n) is 3.62. The number of rotatable bonds is 9. The van der Waals surface area contributed by atoms with Crippen LogP contribution < -0.4 is 11.0 Å². The summed E-state index contributed by atoms with van der Waals surface area (Å²) in [5, 5.41) is 12.1. The summed E-state index contributed by atoms with van der Waals surface area (Å²) in [4.78, 5) is 25.2. The molecule has 2 N–H and O–H groups in total. The van der Waals surface area contributed by atoms with E-state index in [4.69, 9.17) is 0 Å². The number of nitrogens with one attached hydrogen (secondary N) is 2. The minimum Gasteiger partial charge on any atom is -0.347 e. The van der Waals surface area contributed by atoms with Gasteiger partial charge in [-0.25, -0.2) is 9.89 Å². The van der Waals surface area contributed by atoms with Crippen LogP contribution in [0.4, 0.5) is 0 Å². The number of aromatic amines is 1. The molecule has 0 aliphatic rings. The van der Waals surface area contributed by atoms with Crippen molar-refractivity contribution in [2.45, 2.75) is 51.4 Å². The summed E-state index contributed by atoms with van der Waals surface area (Å²) in [6, 6.07) is 4.05. The SMILES string of the molecule is CCCCn1c(SCC(=O)N[C@H](c2cccs2)C(C)C)n[nH]c1=O. The molecule has 2 aromatic heterocycles. The lowest BCUT2D eigenvalue weighted by molar-refractivity contribution is -0.119. The molecule has 0 bridgehead atoms. The summed E-state index contributed by atoms with van der Waals surface area (Å²) in [6.07, 6.45) is 1.91. The fourth-order valence-electron chi connectivity index (χ4n) is 2.31. The molecule has 8 heteroatoms. The van der Waals surface area contributed by atoms with Crippen molar-refractivity contribution in [1.29, 1.82) is 0 Å². The van der Waals surface area contributed by atoms with Gasteiger partial charge in [0.1, 0.15) is 0 Å². The normalized spacial score (nSPS) is 12.5. The first-order chi connectivity index (χ1) is 11.5. The van der Waals surface area contributed by atoms with E-state index in [0.717, 1.165) is 17.7 Å². The average molecular weight is 369 g/mol. The van der Waals surface area contributed by atoms with Gasteiger partial charge in [0.2, 0.25) is 5.91 Å². The van der Waals surface area contributed by atoms with Crippen LogP contribution in [0.2, 0.25) is 0 Å². The van der Waals surface area contributed by atoms with E-state index in [9.17, 15) is 9.59 Å². The van der Waals surface area contributed by atoms with Gasteiger partial charge in [-0.3, -0.25) is 9.36 Å². The highest BCUT2D eigenvalue weighted by atomic mass is 32.2. The maximum Gasteiger partial charge on any atom is 0.343 e. The molecule has 132 valence electrons. The summed E-state index contributed by atoms with van der Waals surface area (Å²) in [5.74, 6) is 0.501. The lowest BCUT2D eigenvalue weighted by Crippen LogP contribution is -2.32. The first kappa shape index (κ1) is 18.8. The number of carbonyl (C=O) groups excluding carboxylic acids is 1. The third kappa shape index (κ3) is 4.98. The van der Waals surface area contributed by atoms with Crippen molar-refractivity contribution in [2.75, 3.05) is 5.75 Å². The molecule has 0 aliphatic carbocycles. The fourth-order valence-corrected chi connectivity index (χ4v) is 4.04. The van der Waals surface area contributed by atoms with Crippen LogP contribution in [-0.2, 0) is 11.3 Å². The van der Waals surface area contributed by atoms with Crippen molar-refractivity contribution in [3.8, 4) is 0 Å². The predicted molar refractivity (Wildman–Crippen MR) is 98.5 cm³/mol. The van der Waals surface area contributed by atoms with Crippen molar-refractivity contribution >= 4 is 29.0 Å². The van der Waals surface area contributed by atoms with Crippen molar-refractivity contribution in [3.05, 3.63) is 32.9 Å². The van der Waals surface area contributed by atoms with Crippen LogP contribution in [0.25, 0.3) is 0 Å². The van der Waals surface area contributed by atoms with Crippen molar-refractivity contribution in [3.63, 3.8) is 0 Å². The summed E-state index contributed by atoms with van der Waals surface area (Å²) >= 11 is 2.94. The second-order valence-electron chi connectivity index (χ2n) is 5.91. The van der Waals surface area contributed by atoms with Gasteiger partial charge in [-0.2, -0.15) is 0 Å². The van der Waals surface area contributed by atoms with E-state index >= 15 is 0 Å². The number of thioether (sulfide) groups is 1. The Bertz CT molecular complexity index is 691. The van der Waals surface area contributed by atoms with Crippen LogP contribution in [0, 0.1) is 5.92 Å². The van der Waals surface area contributed by atoms with Crippen molar-refractivity contribution < 1.29 is 4.79 Å². The molecule has 0 spiro atoms. The van der Waals surface area contributed by atoms with E-state index in [-0.39, 0.29) is 23.4 Å². The molecule has 6 nitrogen and oxygen atoms in total. The molecule has 2 aromatic rings. The van der Waals surface area contributed by atoms with E-state index < -0.39 is 0 Å². The van der Waals surface area contributed by atoms with Crippen LogP contribution in [0.15, 0.2) is 27.5 Å². The molecular weight excluding hydrogens is 344 g/mol. The second kappa shape index (κ2) is 9.08. The van der Waals surface area contributed by atoms with Crippen molar-refractivity contribution in [2.24, 2.45) is 5.92 Å². The van der Waals surface area contributed by atoms with Gasteiger partial charge in [0.15, 0.2) is 5.16 Å². The Kier molecular flexibility index (Phi) is 7.11. The van der Waals surface area contributed by atoms with E-state index in [1.165, 1.54) is 11.8 Å². The third-order valence-corrected chi connectivity index (χ3v) is 5.56. The smallest absolute Gasteiger partial charge is 0.343 e. The zero-order valence-corrected chi connectivity index (χ0v) is 15.9. The Morgan fingerprint density at radius 1 is 1.50 bits per heavy atom. The summed E-state index contributed by atoms with van der Waals surface area (Å²) in [5.41, 5.74) is -0.218. The molecule has 0 saturated carbocycles. The average Bonchev–Trinajstić information content (AvgIpc) is 3.18. The van der Waals surface area contributed by atoms with E-state index in [2.05, 4.69) is 36.3 Å². The van der Waals surface area contributed by atoms with E-state index in [1.807, 2.05) is 17.5 Å². The monoisotopic (exact) mass is 368 g/mol. The molecular formula is C16H24N4O2S2. The first-order valence-electron chi connectivity index (χ1n) is 8.13. The standard InChI is InChI=1S/C16H24N4O2S2/c1-4-5-8-20-15(22)18-19-16(20)24-10-13(21)17-14(11(2)3)12-7-6-9-23-12/h6-7,9,11,14H,4-5,8,10H2,1-3H3,(H,17,21)(H,18,22)/t14-/m0/s1. The molecule has 0 aromatic carbocycles. The van der Waals surface area contributed by atoms with Gasteiger partial charge >= 0.3 is 5.69 Å². The maximum absolute atomic E-state index is 12.3. The summed E-state index contributed by atoms with van der Waals surface area (Å²) in [6.45, 7) is 6.88. The number of carbonyl (C=O) groups is 1. The van der Waals surface area contributed by atoms with E-state index in [1.54, 1.807) is 15.9 Å². The number of aromatic nitrogens is 3. The summed E-state index contributed by atoms with van der Waals surface area (Å²) < 4.78 is 1.60. The topological polar surface area (TPSA) is 79.8 Å². The number of unbranched alkanes of at least 4 members (excludes halogenated alkanes) is 1. The molecule has 2 heterocycles. The van der Waals surface area contributed by atoms with Gasteiger partial charge < -0.3 is 5.32 Å². The predicted octanol–water partition coefficient (Wildman–Crippen LogP) is 3.04. The van der Waals surface area contributed by atoms with Crippen molar-refractivity contribution in [1.82, 2.24) is 20.1 Å². The number of hydrogen-bond acceptors (Lipinski definition) is 5. The molecule has 24 heavy (non-hydrogen) atoms. The second-order valence-corrected chi connectivity index (χ2v) is 7.83. The number of H-pyrrole nitrogens is 1. The fraction of sp³-hybridized carbons (Fsp3) is 0.562. The van der Waals surface area contributed by atoms with Gasteiger partial charge in [-0.15, -0.1) is 16.4 Å². The number of thiophene rings is 1. The molecule has 0 radical (unpaired) electrons. The minimum atomic E-state index is -0.218. The van der Waals surface area contributed by atoms with Gasteiger partial charge in [-0.1, -0.05) is 45.0 Å². The zero-order chi connectivity index (χ0) is 17.5. The highest BCUT2D eigenvalue weighted by Crippen LogP contribution is 2.26. The lowest BCUT2D eigenvalue weighted by atomic mass is 10.0. The Morgan fingerprint density at radius 3 is 2.92 bits per heavy atom. The quantitative estimate of drug-likeness (QED) is 0.667. The lowest BCUT2D eigenvalue weighted by Gasteiger charge is -2.21. The van der Waals surface area contributed by atoms with Crippen LogP contribution in [0.1, 0.15) is 44.5 Å². The number of hydrogen-bond donors (Lipinski definition) is 2. The largest absolute Gasteiger partial charge is 0.347 e. The molecule has 2 rings (SSSR count). The van der Waals surface area contributed by atoms with Gasteiger partial charge in [-0.05, 0) is 23.8 Å². The molecule has 1 amide bonds. The Morgan fingerprint density at radius 2 is 2.29 bits per heavy atom. The maximum atomic E-state index is 12.3. The Hall–Kier alpha value is -1.54. The Labute approximate surface area is 150 Å². The number of nitrogens with zero attached hydrogens (tertiary/aromatic N) is 2. The Balaban J connectivity index is 1.94. The van der Waals surface area contributed by atoms with Gasteiger partial charge in [0.05, 0.1) is 11.8 Å². The molecule has 0 aliphatic heterocycles. The van der Waals surface area contributed by atoms with Crippen LogP contribution in [0.3, 0.4) is 0 Å². The van der Waals surface area contributed by atoms with Crippen LogP contribution in [0.5, 0.6) is 0 Å². The zero-order valence-electron chi connectivity index (χ0n) is 14.2. The van der Waals surface area contributed by atoms with Gasteiger partial charge in [0, 0.05) is 11.4 Å². The number of amides is 1. The van der Waals surface area contributed by atoms with E-state index in [0.29, 0.717) is 17.6 Å². The first-order valence-corrected chi connectivity index (χ1v) is 10.00. The molecule has 0 unspecified atom stereocenters. The minimum absolute atomic E-state index is 0.0135. The molecule has 0 fully saturated rings. The summed E-state index contributed by atoms with van der Waals surface area (Å²) in [7, 11) is 0. The highest BCUT2D eigenvalue weighted by Gasteiger charge is 2.20. The highest BCUT2D eigenvalue weighted by molar-refractivity contribution is 7.99. The molecule has 0 saturated heterocycles. The van der Waals surface area contributed by atoms with Crippen LogP contribution in [-0.4, -0.2) is 26.4 Å². The molecule has 1 atom stereocenters.